The van der Waals surface area contributed by atoms with Crippen LogP contribution in [0, 0.1) is 6.92 Å². The van der Waals surface area contributed by atoms with Gasteiger partial charge in [-0.3, -0.25) is 0 Å². The summed E-state index contributed by atoms with van der Waals surface area (Å²) in [5, 5.41) is 0. The Balaban J connectivity index is 1.97. The molecule has 0 aliphatic heterocycles. The summed E-state index contributed by atoms with van der Waals surface area (Å²) in [6.45, 7) is 2.02. The second kappa shape index (κ2) is 5.59. The van der Waals surface area contributed by atoms with Crippen molar-refractivity contribution < 1.29 is 4.74 Å². The minimum atomic E-state index is 0.649. The molecular formula is C13H14N2OS. The zero-order valence-corrected chi connectivity index (χ0v) is 10.7. The van der Waals surface area contributed by atoms with E-state index in [1.54, 1.807) is 18.4 Å². The molecule has 0 aliphatic carbocycles. The first kappa shape index (κ1) is 11.8. The second-order valence-electron chi connectivity index (χ2n) is 3.62. The summed E-state index contributed by atoms with van der Waals surface area (Å²) in [5.74, 6) is 0.649. The van der Waals surface area contributed by atoms with E-state index >= 15 is 0 Å². The fourth-order valence-electron chi connectivity index (χ4n) is 1.43. The molecule has 0 fully saturated rings. The molecule has 0 atom stereocenters. The van der Waals surface area contributed by atoms with E-state index in [0.717, 1.165) is 12.1 Å². The molecule has 4 heteroatoms. The zero-order valence-electron chi connectivity index (χ0n) is 9.88. The van der Waals surface area contributed by atoms with Crippen molar-refractivity contribution in [1.29, 1.82) is 0 Å². The first-order valence-electron chi connectivity index (χ1n) is 5.35. The predicted molar refractivity (Wildman–Crippen MR) is 70.4 cm³/mol. The van der Waals surface area contributed by atoms with Crippen molar-refractivity contribution in [2.45, 2.75) is 13.3 Å². The molecule has 0 saturated heterocycles. The molecule has 0 radical (unpaired) electrons. The summed E-state index contributed by atoms with van der Waals surface area (Å²) >= 11 is 1.66. The standard InChI is InChI=1S/C13H14N2OS/c1-10-12(17-9-15-10)5-3-4-11-6-7-13(16-2)14-8-11/h3,5-9H,4H2,1-2H3/b5-3+. The molecule has 3 nitrogen and oxygen atoms in total. The third-order valence-corrected chi connectivity index (χ3v) is 3.31. The third kappa shape index (κ3) is 3.14. The molecule has 2 aromatic heterocycles. The summed E-state index contributed by atoms with van der Waals surface area (Å²) in [4.78, 5) is 9.58. The van der Waals surface area contributed by atoms with E-state index in [4.69, 9.17) is 4.74 Å². The third-order valence-electron chi connectivity index (χ3n) is 2.41. The minimum Gasteiger partial charge on any atom is -0.481 e. The lowest BCUT2D eigenvalue weighted by molar-refractivity contribution is 0.397. The van der Waals surface area contributed by atoms with Crippen molar-refractivity contribution in [2.75, 3.05) is 7.11 Å². The molecule has 17 heavy (non-hydrogen) atoms. The number of pyridine rings is 1. The molecule has 88 valence electrons. The van der Waals surface area contributed by atoms with Gasteiger partial charge in [-0.2, -0.15) is 0 Å². The van der Waals surface area contributed by atoms with Gasteiger partial charge in [-0.25, -0.2) is 9.97 Å². The van der Waals surface area contributed by atoms with Gasteiger partial charge in [0.15, 0.2) is 0 Å². The Morgan fingerprint density at radius 3 is 2.82 bits per heavy atom. The van der Waals surface area contributed by atoms with Crippen LogP contribution < -0.4 is 4.74 Å². The average molecular weight is 246 g/mol. The van der Waals surface area contributed by atoms with Gasteiger partial charge in [0.2, 0.25) is 5.88 Å². The van der Waals surface area contributed by atoms with E-state index in [-0.39, 0.29) is 0 Å². The van der Waals surface area contributed by atoms with Crippen LogP contribution in [0.2, 0.25) is 0 Å². The van der Waals surface area contributed by atoms with Gasteiger partial charge in [-0.05, 0) is 25.0 Å². The lowest BCUT2D eigenvalue weighted by Crippen LogP contribution is -1.88. The molecule has 0 amide bonds. The van der Waals surface area contributed by atoms with E-state index in [1.807, 2.05) is 30.8 Å². The van der Waals surface area contributed by atoms with Crippen molar-refractivity contribution in [3.63, 3.8) is 0 Å². The lowest BCUT2D eigenvalue weighted by Gasteiger charge is -1.99. The van der Waals surface area contributed by atoms with Crippen molar-refractivity contribution in [2.24, 2.45) is 0 Å². The monoisotopic (exact) mass is 246 g/mol. The highest BCUT2D eigenvalue weighted by atomic mass is 32.1. The molecule has 2 rings (SSSR count). The number of rotatable bonds is 4. The van der Waals surface area contributed by atoms with Gasteiger partial charge < -0.3 is 4.74 Å². The Bertz CT molecular complexity index is 502. The number of hydrogen-bond acceptors (Lipinski definition) is 4. The van der Waals surface area contributed by atoms with Crippen LogP contribution in [0.4, 0.5) is 0 Å². The van der Waals surface area contributed by atoms with Gasteiger partial charge >= 0.3 is 0 Å². The fraction of sp³-hybridized carbons (Fsp3) is 0.231. The van der Waals surface area contributed by atoms with Gasteiger partial charge in [0, 0.05) is 17.1 Å². The Hall–Kier alpha value is -1.68. The Kier molecular flexibility index (Phi) is 3.88. The van der Waals surface area contributed by atoms with E-state index in [2.05, 4.69) is 22.1 Å². The van der Waals surface area contributed by atoms with Crippen molar-refractivity contribution in [3.05, 3.63) is 46.1 Å². The van der Waals surface area contributed by atoms with Gasteiger partial charge in [0.05, 0.1) is 18.3 Å². The van der Waals surface area contributed by atoms with E-state index in [9.17, 15) is 0 Å². The molecule has 0 unspecified atom stereocenters. The molecule has 0 bridgehead atoms. The number of methoxy groups -OCH3 is 1. The van der Waals surface area contributed by atoms with Crippen molar-refractivity contribution in [3.8, 4) is 5.88 Å². The highest BCUT2D eigenvalue weighted by Crippen LogP contribution is 2.14. The predicted octanol–water partition coefficient (Wildman–Crippen LogP) is 3.11. The van der Waals surface area contributed by atoms with Crippen LogP contribution in [0.5, 0.6) is 5.88 Å². The summed E-state index contributed by atoms with van der Waals surface area (Å²) < 4.78 is 5.01. The van der Waals surface area contributed by atoms with Gasteiger partial charge in [0.25, 0.3) is 0 Å². The van der Waals surface area contributed by atoms with E-state index in [1.165, 1.54) is 10.4 Å². The number of ether oxygens (including phenoxy) is 1. The Morgan fingerprint density at radius 2 is 2.24 bits per heavy atom. The Labute approximate surface area is 105 Å². The summed E-state index contributed by atoms with van der Waals surface area (Å²) in [6, 6.07) is 3.90. The summed E-state index contributed by atoms with van der Waals surface area (Å²) in [5.41, 5.74) is 4.12. The molecular weight excluding hydrogens is 232 g/mol. The fourth-order valence-corrected chi connectivity index (χ4v) is 2.15. The largest absolute Gasteiger partial charge is 0.481 e. The van der Waals surface area contributed by atoms with Gasteiger partial charge in [-0.15, -0.1) is 11.3 Å². The number of allylic oxidation sites excluding steroid dienone is 1. The van der Waals surface area contributed by atoms with Crippen LogP contribution in [0.15, 0.2) is 29.9 Å². The van der Waals surface area contributed by atoms with Crippen LogP contribution >= 0.6 is 11.3 Å². The average Bonchev–Trinajstić information content (AvgIpc) is 2.76. The normalized spacial score (nSPS) is 10.9. The molecule has 2 aromatic rings. The smallest absolute Gasteiger partial charge is 0.212 e. The lowest BCUT2D eigenvalue weighted by atomic mass is 10.2. The SMILES string of the molecule is COc1ccc(C/C=C/c2scnc2C)cn1. The maximum absolute atomic E-state index is 5.01. The van der Waals surface area contributed by atoms with Crippen molar-refractivity contribution in [1.82, 2.24) is 9.97 Å². The molecule has 0 spiro atoms. The van der Waals surface area contributed by atoms with E-state index in [0.29, 0.717) is 5.88 Å². The first-order chi connectivity index (χ1) is 8.29. The van der Waals surface area contributed by atoms with Crippen LogP contribution in [0.3, 0.4) is 0 Å². The maximum atomic E-state index is 5.01. The number of thiazole rings is 1. The molecule has 0 aromatic carbocycles. The van der Waals surface area contributed by atoms with Crippen LogP contribution in [-0.2, 0) is 6.42 Å². The quantitative estimate of drug-likeness (QED) is 0.831. The first-order valence-corrected chi connectivity index (χ1v) is 6.23. The molecule has 0 saturated carbocycles. The van der Waals surface area contributed by atoms with Crippen LogP contribution in [-0.4, -0.2) is 17.1 Å². The van der Waals surface area contributed by atoms with Crippen LogP contribution in [0.1, 0.15) is 16.1 Å². The topological polar surface area (TPSA) is 35.0 Å². The summed E-state index contributed by atoms with van der Waals surface area (Å²) in [7, 11) is 1.62. The zero-order chi connectivity index (χ0) is 12.1. The highest BCUT2D eigenvalue weighted by molar-refractivity contribution is 7.10. The number of hydrogen-bond donors (Lipinski definition) is 0. The second-order valence-corrected chi connectivity index (χ2v) is 4.50. The van der Waals surface area contributed by atoms with E-state index < -0.39 is 0 Å². The number of nitrogens with zero attached hydrogens (tertiary/aromatic N) is 2. The van der Waals surface area contributed by atoms with Crippen molar-refractivity contribution >= 4 is 17.4 Å². The van der Waals surface area contributed by atoms with Gasteiger partial charge in [0.1, 0.15) is 0 Å². The molecule has 2 heterocycles. The van der Waals surface area contributed by atoms with Crippen LogP contribution in [0.25, 0.3) is 6.08 Å². The molecule has 0 aliphatic rings. The Morgan fingerprint density at radius 1 is 1.35 bits per heavy atom. The molecule has 0 N–H and O–H groups in total. The number of aromatic nitrogens is 2. The maximum Gasteiger partial charge on any atom is 0.212 e. The van der Waals surface area contributed by atoms with Gasteiger partial charge in [-0.1, -0.05) is 12.1 Å². The minimum absolute atomic E-state index is 0.649. The summed E-state index contributed by atoms with van der Waals surface area (Å²) in [6.07, 6.45) is 6.94. The highest BCUT2D eigenvalue weighted by Gasteiger charge is 1.96. The number of aryl methyl sites for hydroxylation is 1.